The summed E-state index contributed by atoms with van der Waals surface area (Å²) in [7, 11) is 0. The van der Waals surface area contributed by atoms with E-state index in [4.69, 9.17) is 16.6 Å². The molecular formula is C27H27N3O2S. The number of carbonyl (C=O) groups excluding carboxylic acids is 1. The molecule has 0 radical (unpaired) electrons. The van der Waals surface area contributed by atoms with Crippen LogP contribution in [0.4, 0.5) is 5.69 Å². The number of amides is 1. The van der Waals surface area contributed by atoms with Crippen LogP contribution in [0.25, 0.3) is 22.6 Å². The van der Waals surface area contributed by atoms with Crippen LogP contribution in [0.15, 0.2) is 65.1 Å². The van der Waals surface area contributed by atoms with Gasteiger partial charge in [-0.25, -0.2) is 4.98 Å². The second-order valence-corrected chi connectivity index (χ2v) is 8.83. The minimum absolute atomic E-state index is 0.237. The van der Waals surface area contributed by atoms with Crippen molar-refractivity contribution in [1.29, 1.82) is 0 Å². The molecule has 0 aliphatic carbocycles. The Morgan fingerprint density at radius 1 is 1.03 bits per heavy atom. The molecular weight excluding hydrogens is 430 g/mol. The molecule has 0 aliphatic rings. The molecule has 2 N–H and O–H groups in total. The Kier molecular flexibility index (Phi) is 6.56. The number of thiocarbonyl (C=S) groups is 1. The Hall–Kier alpha value is -3.51. The van der Waals surface area contributed by atoms with Crippen LogP contribution in [0.5, 0.6) is 0 Å². The van der Waals surface area contributed by atoms with Crippen LogP contribution in [0, 0.1) is 13.8 Å². The molecule has 0 saturated heterocycles. The Balaban J connectivity index is 1.43. The number of oxazole rings is 1. The van der Waals surface area contributed by atoms with Crippen molar-refractivity contribution in [3.05, 3.63) is 82.9 Å². The maximum atomic E-state index is 12.5. The van der Waals surface area contributed by atoms with Crippen LogP contribution in [0.2, 0.25) is 0 Å². The molecule has 3 aromatic carbocycles. The third-order valence-electron chi connectivity index (χ3n) is 5.69. The van der Waals surface area contributed by atoms with Gasteiger partial charge in [0.2, 0.25) is 5.89 Å². The smallest absolute Gasteiger partial charge is 0.257 e. The predicted molar refractivity (Wildman–Crippen MR) is 138 cm³/mol. The van der Waals surface area contributed by atoms with Gasteiger partial charge in [-0.1, -0.05) is 37.1 Å². The van der Waals surface area contributed by atoms with Crippen LogP contribution in [0.3, 0.4) is 0 Å². The number of nitrogens with one attached hydrogen (secondary N) is 2. The molecule has 0 unspecified atom stereocenters. The van der Waals surface area contributed by atoms with E-state index >= 15 is 0 Å². The maximum Gasteiger partial charge on any atom is 0.257 e. The number of nitrogens with zero attached hydrogens (tertiary/aromatic N) is 1. The molecule has 4 rings (SSSR count). The van der Waals surface area contributed by atoms with Crippen molar-refractivity contribution in [1.82, 2.24) is 10.3 Å². The number of hydrogen-bond donors (Lipinski definition) is 2. The SMILES string of the molecule is CC[C@H](C)c1ccc2oc(-c3ccc(NC(=S)NC(=O)c4cc(C)cc(C)c4)cc3)nc2c1. The van der Waals surface area contributed by atoms with E-state index in [1.807, 2.05) is 62.4 Å². The molecule has 6 heteroatoms. The van der Waals surface area contributed by atoms with Crippen molar-refractivity contribution in [3.8, 4) is 11.5 Å². The molecule has 5 nitrogen and oxygen atoms in total. The van der Waals surface area contributed by atoms with Gasteiger partial charge in [0.05, 0.1) is 0 Å². The molecule has 0 saturated carbocycles. The fourth-order valence-corrected chi connectivity index (χ4v) is 3.96. The average Bonchev–Trinajstić information content (AvgIpc) is 3.21. The molecule has 0 bridgehead atoms. The lowest BCUT2D eigenvalue weighted by molar-refractivity contribution is 0.0977. The lowest BCUT2D eigenvalue weighted by Gasteiger charge is -2.10. The van der Waals surface area contributed by atoms with Gasteiger partial charge in [-0.05, 0) is 92.5 Å². The van der Waals surface area contributed by atoms with Crippen LogP contribution < -0.4 is 10.6 Å². The van der Waals surface area contributed by atoms with Crippen LogP contribution in [0.1, 0.15) is 53.2 Å². The van der Waals surface area contributed by atoms with Gasteiger partial charge < -0.3 is 9.73 Å². The summed E-state index contributed by atoms with van der Waals surface area (Å²) >= 11 is 5.32. The first-order valence-electron chi connectivity index (χ1n) is 11.0. The summed E-state index contributed by atoms with van der Waals surface area (Å²) in [5.74, 6) is 0.821. The van der Waals surface area contributed by atoms with Gasteiger partial charge in [-0.3, -0.25) is 10.1 Å². The summed E-state index contributed by atoms with van der Waals surface area (Å²) in [6, 6.07) is 19.5. The highest BCUT2D eigenvalue weighted by Gasteiger charge is 2.12. The van der Waals surface area contributed by atoms with Crippen LogP contribution in [-0.2, 0) is 0 Å². The summed E-state index contributed by atoms with van der Waals surface area (Å²) in [5.41, 5.74) is 7.18. The zero-order valence-corrected chi connectivity index (χ0v) is 20.0. The van der Waals surface area contributed by atoms with E-state index in [9.17, 15) is 4.79 Å². The van der Waals surface area contributed by atoms with Gasteiger partial charge in [-0.2, -0.15) is 0 Å². The van der Waals surface area contributed by atoms with Gasteiger partial charge in [-0.15, -0.1) is 0 Å². The Bertz CT molecular complexity index is 1300. The number of hydrogen-bond acceptors (Lipinski definition) is 4. The molecule has 0 fully saturated rings. The summed E-state index contributed by atoms with van der Waals surface area (Å²) in [5, 5.41) is 6.03. The quantitative estimate of drug-likeness (QED) is 0.324. The predicted octanol–water partition coefficient (Wildman–Crippen LogP) is 6.75. The Morgan fingerprint density at radius 3 is 2.39 bits per heavy atom. The highest BCUT2D eigenvalue weighted by Crippen LogP contribution is 2.28. The normalized spacial score (nSPS) is 11.9. The average molecular weight is 458 g/mol. The molecule has 33 heavy (non-hydrogen) atoms. The lowest BCUT2D eigenvalue weighted by Crippen LogP contribution is -2.34. The van der Waals surface area contributed by atoms with Gasteiger partial charge in [0.25, 0.3) is 5.91 Å². The van der Waals surface area contributed by atoms with Gasteiger partial charge in [0.15, 0.2) is 10.7 Å². The summed E-state index contributed by atoms with van der Waals surface area (Å²) in [4.78, 5) is 17.2. The van der Waals surface area contributed by atoms with Crippen molar-refractivity contribution in [2.24, 2.45) is 0 Å². The number of benzene rings is 3. The van der Waals surface area contributed by atoms with Gasteiger partial charge in [0.1, 0.15) is 5.52 Å². The molecule has 0 spiro atoms. The van der Waals surface area contributed by atoms with E-state index < -0.39 is 0 Å². The number of aromatic nitrogens is 1. The van der Waals surface area contributed by atoms with Gasteiger partial charge >= 0.3 is 0 Å². The number of anilines is 1. The summed E-state index contributed by atoms with van der Waals surface area (Å²) in [6.45, 7) is 8.31. The highest BCUT2D eigenvalue weighted by molar-refractivity contribution is 7.80. The largest absolute Gasteiger partial charge is 0.436 e. The summed E-state index contributed by atoms with van der Waals surface area (Å²) in [6.07, 6.45) is 1.08. The van der Waals surface area contributed by atoms with Gasteiger partial charge in [0, 0.05) is 16.8 Å². The number of rotatable bonds is 5. The zero-order valence-electron chi connectivity index (χ0n) is 19.2. The van der Waals surface area contributed by atoms with E-state index in [1.165, 1.54) is 5.56 Å². The third-order valence-corrected chi connectivity index (χ3v) is 5.90. The van der Waals surface area contributed by atoms with Crippen molar-refractivity contribution in [2.75, 3.05) is 5.32 Å². The molecule has 1 aromatic heterocycles. The molecule has 168 valence electrons. The zero-order chi connectivity index (χ0) is 23.5. The summed E-state index contributed by atoms with van der Waals surface area (Å²) < 4.78 is 5.95. The van der Waals surface area contributed by atoms with Crippen LogP contribution >= 0.6 is 12.2 Å². The molecule has 1 heterocycles. The van der Waals surface area contributed by atoms with E-state index in [-0.39, 0.29) is 11.0 Å². The Labute approximate surface area is 199 Å². The van der Waals surface area contributed by atoms with Crippen molar-refractivity contribution in [3.63, 3.8) is 0 Å². The minimum Gasteiger partial charge on any atom is -0.436 e. The molecule has 1 atom stereocenters. The maximum absolute atomic E-state index is 12.5. The lowest BCUT2D eigenvalue weighted by atomic mass is 9.98. The number of aryl methyl sites for hydroxylation is 2. The third kappa shape index (κ3) is 5.29. The number of carbonyl (C=O) groups is 1. The van der Waals surface area contributed by atoms with Crippen molar-refractivity contribution < 1.29 is 9.21 Å². The first-order chi connectivity index (χ1) is 15.8. The standard InChI is InChI=1S/C27H27N3O2S/c1-5-18(4)20-8-11-24-23(15-20)29-26(32-24)19-6-9-22(10-7-19)28-27(33)30-25(31)21-13-16(2)12-17(3)14-21/h6-15,18H,5H2,1-4H3,(H2,28,30,31,33)/t18-/m0/s1. The second kappa shape index (κ2) is 9.55. The molecule has 0 aliphatic heterocycles. The van der Waals surface area contributed by atoms with E-state index in [1.54, 1.807) is 0 Å². The number of fused-ring (bicyclic) bond motifs is 1. The fraction of sp³-hybridized carbons (Fsp3) is 0.222. The fourth-order valence-electron chi connectivity index (χ4n) is 3.75. The van der Waals surface area contributed by atoms with Crippen LogP contribution in [-0.4, -0.2) is 16.0 Å². The monoisotopic (exact) mass is 457 g/mol. The highest BCUT2D eigenvalue weighted by atomic mass is 32.1. The first kappa shape index (κ1) is 22.7. The van der Waals surface area contributed by atoms with E-state index in [2.05, 4.69) is 41.6 Å². The second-order valence-electron chi connectivity index (χ2n) is 8.42. The topological polar surface area (TPSA) is 67.2 Å². The minimum atomic E-state index is -0.237. The Morgan fingerprint density at radius 2 is 1.73 bits per heavy atom. The van der Waals surface area contributed by atoms with Crippen molar-refractivity contribution >= 4 is 40.0 Å². The first-order valence-corrected chi connectivity index (χ1v) is 11.4. The molecule has 4 aromatic rings. The van der Waals surface area contributed by atoms with E-state index in [0.717, 1.165) is 39.9 Å². The van der Waals surface area contributed by atoms with E-state index in [0.29, 0.717) is 17.4 Å². The van der Waals surface area contributed by atoms with Crippen molar-refractivity contribution in [2.45, 2.75) is 40.0 Å². The molecule has 1 amide bonds.